The number of hydrogen-bond acceptors (Lipinski definition) is 4. The van der Waals surface area contributed by atoms with Crippen LogP contribution in [0.5, 0.6) is 0 Å². The van der Waals surface area contributed by atoms with Crippen LogP contribution in [0, 0.1) is 0 Å². The normalized spacial score (nSPS) is 16.4. The van der Waals surface area contributed by atoms with E-state index in [0.717, 1.165) is 12.1 Å². The van der Waals surface area contributed by atoms with Crippen LogP contribution in [0.1, 0.15) is 21.5 Å². The molecule has 0 aromatic heterocycles. The third-order valence-electron chi connectivity index (χ3n) is 4.90. The van der Waals surface area contributed by atoms with E-state index in [1.54, 1.807) is 0 Å². The summed E-state index contributed by atoms with van der Waals surface area (Å²) in [5, 5.41) is 2.54. The molecular formula is C20H22F3N3O3S. The molecule has 162 valence electrons. The van der Waals surface area contributed by atoms with Crippen molar-refractivity contribution in [2.45, 2.75) is 17.6 Å². The standard InChI is InChI=1S/C20H22F3N3O3S/c1-25-8-10-26(11-9-25)30(28,29)18-7-3-5-16(13-18)19(27)24-14-15-4-2-6-17(12-15)20(21,22)23/h2-7,12-13H,8-11,14H2,1H3,(H,24,27). The lowest BCUT2D eigenvalue weighted by atomic mass is 10.1. The van der Waals surface area contributed by atoms with Crippen LogP contribution in [0.15, 0.2) is 53.4 Å². The fraction of sp³-hybridized carbons (Fsp3) is 0.350. The van der Waals surface area contributed by atoms with E-state index in [1.165, 1.54) is 40.7 Å². The maximum Gasteiger partial charge on any atom is 0.416 e. The third-order valence-corrected chi connectivity index (χ3v) is 6.80. The van der Waals surface area contributed by atoms with E-state index < -0.39 is 27.7 Å². The minimum atomic E-state index is -4.47. The molecule has 0 saturated carbocycles. The second kappa shape index (κ2) is 8.75. The van der Waals surface area contributed by atoms with Gasteiger partial charge in [-0.25, -0.2) is 8.42 Å². The van der Waals surface area contributed by atoms with E-state index in [1.807, 2.05) is 11.9 Å². The number of hydrogen-bond donors (Lipinski definition) is 1. The zero-order valence-corrected chi connectivity index (χ0v) is 17.1. The average Bonchev–Trinajstić information content (AvgIpc) is 2.72. The number of alkyl halides is 3. The SMILES string of the molecule is CN1CCN(S(=O)(=O)c2cccc(C(=O)NCc3cccc(C(F)(F)F)c3)c2)CC1. The number of carbonyl (C=O) groups is 1. The molecule has 0 bridgehead atoms. The van der Waals surface area contributed by atoms with Crippen LogP contribution in [0.25, 0.3) is 0 Å². The van der Waals surface area contributed by atoms with E-state index in [2.05, 4.69) is 5.32 Å². The predicted molar refractivity (Wildman–Crippen MR) is 105 cm³/mol. The maximum atomic E-state index is 12.8. The van der Waals surface area contributed by atoms with Crippen LogP contribution in [0.2, 0.25) is 0 Å². The van der Waals surface area contributed by atoms with Crippen LogP contribution < -0.4 is 5.32 Å². The van der Waals surface area contributed by atoms with Gasteiger partial charge in [0.2, 0.25) is 10.0 Å². The van der Waals surface area contributed by atoms with Crippen molar-refractivity contribution in [3.8, 4) is 0 Å². The van der Waals surface area contributed by atoms with E-state index >= 15 is 0 Å². The maximum absolute atomic E-state index is 12.8. The Morgan fingerprint density at radius 3 is 2.37 bits per heavy atom. The number of halogens is 3. The molecular weight excluding hydrogens is 419 g/mol. The van der Waals surface area contributed by atoms with Gasteiger partial charge in [0, 0.05) is 38.3 Å². The minimum absolute atomic E-state index is 0.0128. The van der Waals surface area contributed by atoms with Gasteiger partial charge in [-0.1, -0.05) is 18.2 Å². The Morgan fingerprint density at radius 1 is 1.03 bits per heavy atom. The van der Waals surface area contributed by atoms with E-state index in [-0.39, 0.29) is 17.0 Å². The highest BCUT2D eigenvalue weighted by Gasteiger charge is 2.30. The molecule has 0 aliphatic carbocycles. The van der Waals surface area contributed by atoms with Crippen LogP contribution in [0.4, 0.5) is 13.2 Å². The fourth-order valence-corrected chi connectivity index (χ4v) is 4.59. The summed E-state index contributed by atoms with van der Waals surface area (Å²) in [6, 6.07) is 10.3. The number of nitrogens with zero attached hydrogens (tertiary/aromatic N) is 2. The van der Waals surface area contributed by atoms with E-state index in [9.17, 15) is 26.4 Å². The summed E-state index contributed by atoms with van der Waals surface area (Å²) in [5.41, 5.74) is -0.383. The Bertz CT molecular complexity index is 1020. The van der Waals surface area contributed by atoms with Crippen LogP contribution in [-0.4, -0.2) is 56.8 Å². The molecule has 30 heavy (non-hydrogen) atoms. The second-order valence-corrected chi connectivity index (χ2v) is 9.05. The summed E-state index contributed by atoms with van der Waals surface area (Å²) in [5.74, 6) is -0.567. The number of piperazine rings is 1. The third kappa shape index (κ3) is 5.18. The molecule has 10 heteroatoms. The molecule has 1 saturated heterocycles. The Kier molecular flexibility index (Phi) is 6.49. The van der Waals surface area contributed by atoms with Crippen molar-refractivity contribution in [1.29, 1.82) is 0 Å². The molecule has 0 spiro atoms. The van der Waals surface area contributed by atoms with Crippen LogP contribution >= 0.6 is 0 Å². The van der Waals surface area contributed by atoms with E-state index in [4.69, 9.17) is 0 Å². The summed E-state index contributed by atoms with van der Waals surface area (Å²) < 4.78 is 65.5. The molecule has 1 aliphatic rings. The predicted octanol–water partition coefficient (Wildman–Crippen LogP) is 2.57. The number of carbonyl (C=O) groups excluding carboxylic acids is 1. The van der Waals surface area contributed by atoms with Gasteiger partial charge < -0.3 is 10.2 Å². The molecule has 1 N–H and O–H groups in total. The Balaban J connectivity index is 1.71. The summed E-state index contributed by atoms with van der Waals surface area (Å²) >= 11 is 0. The van der Waals surface area contributed by atoms with Gasteiger partial charge in [-0.15, -0.1) is 0 Å². The van der Waals surface area contributed by atoms with Gasteiger partial charge in [0.05, 0.1) is 10.5 Å². The molecule has 0 unspecified atom stereocenters. The molecule has 6 nitrogen and oxygen atoms in total. The summed E-state index contributed by atoms with van der Waals surface area (Å²) in [6.45, 7) is 1.86. The van der Waals surface area contributed by atoms with Crippen LogP contribution in [0.3, 0.4) is 0 Å². The fourth-order valence-electron chi connectivity index (χ4n) is 3.12. The number of likely N-dealkylation sites (N-methyl/N-ethyl adjacent to an activating group) is 1. The van der Waals surface area contributed by atoms with Crippen LogP contribution in [-0.2, 0) is 22.7 Å². The van der Waals surface area contributed by atoms with E-state index in [0.29, 0.717) is 31.7 Å². The summed E-state index contributed by atoms with van der Waals surface area (Å²) in [7, 11) is -1.81. The van der Waals surface area contributed by atoms with Crippen molar-refractivity contribution in [3.05, 3.63) is 65.2 Å². The zero-order chi connectivity index (χ0) is 21.9. The number of sulfonamides is 1. The lowest BCUT2D eigenvalue weighted by Gasteiger charge is -2.31. The van der Waals surface area contributed by atoms with Gasteiger partial charge in [-0.3, -0.25) is 4.79 Å². The smallest absolute Gasteiger partial charge is 0.348 e. The van der Waals surface area contributed by atoms with Crippen molar-refractivity contribution < 1.29 is 26.4 Å². The highest BCUT2D eigenvalue weighted by molar-refractivity contribution is 7.89. The van der Waals surface area contributed by atoms with Gasteiger partial charge in [0.1, 0.15) is 0 Å². The number of nitrogens with one attached hydrogen (secondary N) is 1. The van der Waals surface area contributed by atoms with Gasteiger partial charge in [-0.2, -0.15) is 17.5 Å². The Hall–Kier alpha value is -2.43. The lowest BCUT2D eigenvalue weighted by molar-refractivity contribution is -0.137. The Morgan fingerprint density at radius 2 is 1.70 bits per heavy atom. The molecule has 0 atom stereocenters. The zero-order valence-electron chi connectivity index (χ0n) is 16.3. The van der Waals surface area contributed by atoms with Crippen molar-refractivity contribution in [1.82, 2.24) is 14.5 Å². The number of benzene rings is 2. The van der Waals surface area contributed by atoms with Gasteiger partial charge in [-0.05, 0) is 42.9 Å². The lowest BCUT2D eigenvalue weighted by Crippen LogP contribution is -2.47. The Labute approximate surface area is 173 Å². The molecule has 0 radical (unpaired) electrons. The molecule has 3 rings (SSSR count). The molecule has 1 amide bonds. The monoisotopic (exact) mass is 441 g/mol. The quantitative estimate of drug-likeness (QED) is 0.775. The van der Waals surface area contributed by atoms with Gasteiger partial charge in [0.15, 0.2) is 0 Å². The topological polar surface area (TPSA) is 69.7 Å². The highest BCUT2D eigenvalue weighted by Crippen LogP contribution is 2.29. The summed E-state index contributed by atoms with van der Waals surface area (Å²) in [4.78, 5) is 14.5. The van der Waals surface area contributed by atoms with Gasteiger partial charge >= 0.3 is 6.18 Å². The molecule has 1 aliphatic heterocycles. The first-order valence-corrected chi connectivity index (χ1v) is 10.7. The molecule has 1 heterocycles. The van der Waals surface area contributed by atoms with Gasteiger partial charge in [0.25, 0.3) is 5.91 Å². The molecule has 1 fully saturated rings. The first kappa shape index (κ1) is 22.3. The van der Waals surface area contributed by atoms with Crippen molar-refractivity contribution >= 4 is 15.9 Å². The number of rotatable bonds is 5. The highest BCUT2D eigenvalue weighted by atomic mass is 32.2. The molecule has 2 aromatic rings. The van der Waals surface area contributed by atoms with Crippen molar-refractivity contribution in [2.75, 3.05) is 33.2 Å². The second-order valence-electron chi connectivity index (χ2n) is 7.12. The molecule has 2 aromatic carbocycles. The summed E-state index contributed by atoms with van der Waals surface area (Å²) in [6.07, 6.45) is -4.47. The first-order chi connectivity index (χ1) is 14.1. The van der Waals surface area contributed by atoms with Crippen molar-refractivity contribution in [3.63, 3.8) is 0 Å². The van der Waals surface area contributed by atoms with Crippen molar-refractivity contribution in [2.24, 2.45) is 0 Å². The first-order valence-electron chi connectivity index (χ1n) is 9.30. The average molecular weight is 441 g/mol. The number of amides is 1. The minimum Gasteiger partial charge on any atom is -0.348 e. The largest absolute Gasteiger partial charge is 0.416 e.